The van der Waals surface area contributed by atoms with E-state index in [9.17, 15) is 9.90 Å². The Morgan fingerprint density at radius 2 is 2.24 bits per heavy atom. The molecule has 0 fully saturated rings. The first-order valence-electron chi connectivity index (χ1n) is 5.50. The molecule has 0 spiro atoms. The number of aromatic nitrogens is 4. The highest BCUT2D eigenvalue weighted by molar-refractivity contribution is 5.53. The van der Waals surface area contributed by atoms with Crippen molar-refractivity contribution in [3.8, 4) is 17.3 Å². The summed E-state index contributed by atoms with van der Waals surface area (Å²) in [6.45, 7) is 4.49. The largest absolute Gasteiger partial charge is 0.493 e. The van der Waals surface area contributed by atoms with Gasteiger partial charge in [0.05, 0.1) is 17.3 Å². The van der Waals surface area contributed by atoms with Gasteiger partial charge in [0.2, 0.25) is 5.88 Å². The van der Waals surface area contributed by atoms with E-state index in [0.29, 0.717) is 23.4 Å². The molecule has 90 valence electrons. The van der Waals surface area contributed by atoms with Crippen molar-refractivity contribution in [2.45, 2.75) is 26.8 Å². The molecule has 0 amide bonds. The topological polar surface area (TPSA) is 83.8 Å². The Balaban J connectivity index is 2.50. The lowest BCUT2D eigenvalue weighted by molar-refractivity contribution is 0.444. The fourth-order valence-electron chi connectivity index (χ4n) is 1.60. The van der Waals surface area contributed by atoms with Crippen molar-refractivity contribution in [1.29, 1.82) is 0 Å². The standard InChI is InChI=1S/C11H14N4O2/c1-3-8-10(16)13-9(14-11(8)17)7-5-12-15(4-2)6-7/h5-6H,3-4H2,1-2H3,(H2,13,14,16,17). The molecule has 0 aliphatic heterocycles. The van der Waals surface area contributed by atoms with Crippen LogP contribution in [0.25, 0.3) is 11.4 Å². The van der Waals surface area contributed by atoms with Gasteiger partial charge in [-0.15, -0.1) is 0 Å². The van der Waals surface area contributed by atoms with Gasteiger partial charge in [0.1, 0.15) is 5.82 Å². The molecule has 2 aromatic rings. The number of nitrogens with one attached hydrogen (secondary N) is 1. The van der Waals surface area contributed by atoms with Crippen molar-refractivity contribution in [1.82, 2.24) is 19.7 Å². The molecule has 0 saturated heterocycles. The maximum Gasteiger partial charge on any atom is 0.258 e. The summed E-state index contributed by atoms with van der Waals surface area (Å²) in [6.07, 6.45) is 3.82. The zero-order valence-electron chi connectivity index (χ0n) is 9.77. The summed E-state index contributed by atoms with van der Waals surface area (Å²) >= 11 is 0. The molecule has 2 N–H and O–H groups in total. The molecule has 2 rings (SSSR count). The summed E-state index contributed by atoms with van der Waals surface area (Å²) in [7, 11) is 0. The predicted octanol–water partition coefficient (Wildman–Crippen LogP) is 0.921. The van der Waals surface area contributed by atoms with E-state index >= 15 is 0 Å². The van der Waals surface area contributed by atoms with Gasteiger partial charge >= 0.3 is 0 Å². The van der Waals surface area contributed by atoms with Gasteiger partial charge in [0.15, 0.2) is 0 Å². The van der Waals surface area contributed by atoms with Crippen LogP contribution >= 0.6 is 0 Å². The van der Waals surface area contributed by atoms with Crippen LogP contribution in [0.5, 0.6) is 5.88 Å². The summed E-state index contributed by atoms with van der Waals surface area (Å²) < 4.78 is 1.72. The summed E-state index contributed by atoms with van der Waals surface area (Å²) in [5, 5.41) is 13.7. The third-order valence-corrected chi connectivity index (χ3v) is 2.58. The summed E-state index contributed by atoms with van der Waals surface area (Å²) in [5.74, 6) is 0.125. The normalized spacial score (nSPS) is 10.7. The van der Waals surface area contributed by atoms with Gasteiger partial charge in [-0.3, -0.25) is 9.48 Å². The fraction of sp³-hybridized carbons (Fsp3) is 0.364. The number of aromatic amines is 1. The Hall–Kier alpha value is -2.11. The van der Waals surface area contributed by atoms with E-state index in [2.05, 4.69) is 15.1 Å². The smallest absolute Gasteiger partial charge is 0.258 e. The second-order valence-corrected chi connectivity index (χ2v) is 3.65. The Labute approximate surface area is 98.0 Å². The van der Waals surface area contributed by atoms with E-state index in [1.165, 1.54) is 0 Å². The van der Waals surface area contributed by atoms with E-state index in [1.54, 1.807) is 24.0 Å². The monoisotopic (exact) mass is 234 g/mol. The van der Waals surface area contributed by atoms with Crippen molar-refractivity contribution < 1.29 is 5.11 Å². The Morgan fingerprint density at radius 1 is 1.47 bits per heavy atom. The van der Waals surface area contributed by atoms with Crippen molar-refractivity contribution in [2.75, 3.05) is 0 Å². The molecule has 17 heavy (non-hydrogen) atoms. The molecular weight excluding hydrogens is 220 g/mol. The number of rotatable bonds is 3. The highest BCUT2D eigenvalue weighted by atomic mass is 16.3. The minimum absolute atomic E-state index is 0.213. The lowest BCUT2D eigenvalue weighted by atomic mass is 10.2. The van der Waals surface area contributed by atoms with E-state index in [4.69, 9.17) is 0 Å². The van der Waals surface area contributed by atoms with Crippen LogP contribution in [0, 0.1) is 0 Å². The van der Waals surface area contributed by atoms with Gasteiger partial charge in [0, 0.05) is 12.7 Å². The molecule has 2 aromatic heterocycles. The minimum Gasteiger partial charge on any atom is -0.493 e. The third kappa shape index (κ3) is 2.06. The SMILES string of the molecule is CCc1c(O)nc(-c2cnn(CC)c2)[nH]c1=O. The molecule has 0 aromatic carbocycles. The first-order chi connectivity index (χ1) is 8.15. The first kappa shape index (κ1) is 11.4. The molecule has 0 radical (unpaired) electrons. The molecule has 0 aliphatic rings. The van der Waals surface area contributed by atoms with Crippen LogP contribution in [0.1, 0.15) is 19.4 Å². The Kier molecular flexibility index (Phi) is 2.95. The Bertz CT molecular complexity index is 585. The zero-order chi connectivity index (χ0) is 12.4. The quantitative estimate of drug-likeness (QED) is 0.827. The number of hydrogen-bond donors (Lipinski definition) is 2. The van der Waals surface area contributed by atoms with Gasteiger partial charge < -0.3 is 10.1 Å². The number of aryl methyl sites for hydroxylation is 1. The number of hydrogen-bond acceptors (Lipinski definition) is 4. The van der Waals surface area contributed by atoms with Gasteiger partial charge in [-0.1, -0.05) is 6.92 Å². The van der Waals surface area contributed by atoms with Crippen LogP contribution in [-0.2, 0) is 13.0 Å². The van der Waals surface area contributed by atoms with E-state index < -0.39 is 0 Å². The predicted molar refractivity (Wildman–Crippen MR) is 62.8 cm³/mol. The second kappa shape index (κ2) is 4.40. The van der Waals surface area contributed by atoms with Gasteiger partial charge in [0.25, 0.3) is 5.56 Å². The fourth-order valence-corrected chi connectivity index (χ4v) is 1.60. The van der Waals surface area contributed by atoms with Crippen LogP contribution in [0.2, 0.25) is 0 Å². The highest BCUT2D eigenvalue weighted by Crippen LogP contribution is 2.17. The van der Waals surface area contributed by atoms with Crippen LogP contribution in [-0.4, -0.2) is 24.9 Å². The van der Waals surface area contributed by atoms with E-state index in [1.807, 2.05) is 6.92 Å². The average molecular weight is 234 g/mol. The highest BCUT2D eigenvalue weighted by Gasteiger charge is 2.11. The van der Waals surface area contributed by atoms with Gasteiger partial charge in [-0.05, 0) is 13.3 Å². The van der Waals surface area contributed by atoms with Gasteiger partial charge in [-0.2, -0.15) is 10.1 Å². The molecule has 6 heteroatoms. The van der Waals surface area contributed by atoms with Crippen molar-refractivity contribution >= 4 is 0 Å². The van der Waals surface area contributed by atoms with Crippen molar-refractivity contribution in [2.24, 2.45) is 0 Å². The lowest BCUT2D eigenvalue weighted by Gasteiger charge is -2.02. The van der Waals surface area contributed by atoms with Crippen LogP contribution in [0.4, 0.5) is 0 Å². The number of aromatic hydroxyl groups is 1. The van der Waals surface area contributed by atoms with E-state index in [-0.39, 0.29) is 11.4 Å². The molecule has 0 bridgehead atoms. The van der Waals surface area contributed by atoms with E-state index in [0.717, 1.165) is 6.54 Å². The zero-order valence-corrected chi connectivity index (χ0v) is 9.77. The molecule has 2 heterocycles. The molecule has 0 atom stereocenters. The number of nitrogens with zero attached hydrogens (tertiary/aromatic N) is 3. The molecule has 0 unspecified atom stereocenters. The molecule has 6 nitrogen and oxygen atoms in total. The lowest BCUT2D eigenvalue weighted by Crippen LogP contribution is -2.14. The third-order valence-electron chi connectivity index (χ3n) is 2.58. The van der Waals surface area contributed by atoms with Crippen molar-refractivity contribution in [3.63, 3.8) is 0 Å². The summed E-state index contributed by atoms with van der Waals surface area (Å²) in [4.78, 5) is 18.3. The molecular formula is C11H14N4O2. The molecule has 0 aliphatic carbocycles. The summed E-state index contributed by atoms with van der Waals surface area (Å²) in [5.41, 5.74) is 0.679. The van der Waals surface area contributed by atoms with Gasteiger partial charge in [-0.25, -0.2) is 0 Å². The summed E-state index contributed by atoms with van der Waals surface area (Å²) in [6, 6.07) is 0. The van der Waals surface area contributed by atoms with Crippen LogP contribution in [0.3, 0.4) is 0 Å². The van der Waals surface area contributed by atoms with Crippen LogP contribution in [0.15, 0.2) is 17.2 Å². The Morgan fingerprint density at radius 3 is 2.76 bits per heavy atom. The maximum atomic E-state index is 11.7. The van der Waals surface area contributed by atoms with Crippen molar-refractivity contribution in [3.05, 3.63) is 28.3 Å². The first-order valence-corrected chi connectivity index (χ1v) is 5.50. The molecule has 0 saturated carbocycles. The average Bonchev–Trinajstić information content (AvgIpc) is 2.77. The number of H-pyrrole nitrogens is 1. The maximum absolute atomic E-state index is 11.7. The second-order valence-electron chi connectivity index (χ2n) is 3.65. The minimum atomic E-state index is -0.306. The van der Waals surface area contributed by atoms with Crippen LogP contribution < -0.4 is 5.56 Å².